The quantitative estimate of drug-likeness (QED) is 0.589. The Bertz CT molecular complexity index is 219. The van der Waals surface area contributed by atoms with Crippen LogP contribution in [0.1, 0.15) is 0 Å². The van der Waals surface area contributed by atoms with Gasteiger partial charge in [0.2, 0.25) is 0 Å². The van der Waals surface area contributed by atoms with Crippen LogP contribution in [0.25, 0.3) is 0 Å². The van der Waals surface area contributed by atoms with Gasteiger partial charge in [-0.05, 0) is 0 Å². The maximum atomic E-state index is 11.6. The lowest BCUT2D eigenvalue weighted by atomic mass is 9.97. The second-order valence-electron chi connectivity index (χ2n) is 3.35. The predicted molar refractivity (Wildman–Crippen MR) is 49.4 cm³/mol. The van der Waals surface area contributed by atoms with Crippen molar-refractivity contribution >= 4 is 5.78 Å². The van der Waals surface area contributed by atoms with Gasteiger partial charge in [0, 0.05) is 14.2 Å². The Labute approximate surface area is 87.7 Å². The second kappa shape index (κ2) is 5.53. The maximum absolute atomic E-state index is 11.6. The van der Waals surface area contributed by atoms with Crippen molar-refractivity contribution in [3.63, 3.8) is 0 Å². The van der Waals surface area contributed by atoms with Gasteiger partial charge in [-0.15, -0.1) is 0 Å². The van der Waals surface area contributed by atoms with Crippen LogP contribution in [-0.4, -0.2) is 67.8 Å². The van der Waals surface area contributed by atoms with E-state index in [-0.39, 0.29) is 13.2 Å². The van der Waals surface area contributed by atoms with E-state index in [1.165, 1.54) is 14.2 Å². The van der Waals surface area contributed by atoms with Crippen LogP contribution in [0.3, 0.4) is 0 Å². The van der Waals surface area contributed by atoms with E-state index in [0.29, 0.717) is 0 Å². The van der Waals surface area contributed by atoms with Gasteiger partial charge in [0.25, 0.3) is 0 Å². The van der Waals surface area contributed by atoms with E-state index in [1.54, 1.807) is 0 Å². The van der Waals surface area contributed by atoms with Crippen LogP contribution in [0, 0.1) is 0 Å². The molecule has 4 atom stereocenters. The first-order valence-corrected chi connectivity index (χ1v) is 4.65. The largest absolute Gasteiger partial charge is 0.394 e. The summed E-state index contributed by atoms with van der Waals surface area (Å²) in [5.74, 6) is -0.482. The van der Waals surface area contributed by atoms with Crippen LogP contribution in [0.2, 0.25) is 0 Å². The molecule has 1 aliphatic heterocycles. The first-order chi connectivity index (χ1) is 7.15. The van der Waals surface area contributed by atoms with Gasteiger partial charge in [0.15, 0.2) is 5.78 Å². The Morgan fingerprint density at radius 2 is 2.07 bits per heavy atom. The van der Waals surface area contributed by atoms with Crippen LogP contribution >= 0.6 is 0 Å². The molecule has 0 amide bonds. The number of methoxy groups -OCH3 is 2. The fraction of sp³-hybridized carbons (Fsp3) is 0.889. The van der Waals surface area contributed by atoms with Crippen molar-refractivity contribution in [3.05, 3.63) is 0 Å². The summed E-state index contributed by atoms with van der Waals surface area (Å²) < 4.78 is 15.0. The lowest BCUT2D eigenvalue weighted by Crippen LogP contribution is -2.57. The van der Waals surface area contributed by atoms with Crippen LogP contribution in [0.5, 0.6) is 0 Å². The average Bonchev–Trinajstić information content (AvgIpc) is 2.24. The van der Waals surface area contributed by atoms with Gasteiger partial charge in [-0.2, -0.15) is 0 Å². The van der Waals surface area contributed by atoms with Crippen LogP contribution < -0.4 is 0 Å². The van der Waals surface area contributed by atoms with Crippen LogP contribution in [-0.2, 0) is 19.0 Å². The highest BCUT2D eigenvalue weighted by molar-refractivity contribution is 5.89. The van der Waals surface area contributed by atoms with Gasteiger partial charge in [-0.3, -0.25) is 4.79 Å². The molecule has 0 saturated carbocycles. The Hall–Kier alpha value is -0.530. The third-order valence-electron chi connectivity index (χ3n) is 2.38. The Morgan fingerprint density at radius 3 is 2.53 bits per heavy atom. The fourth-order valence-corrected chi connectivity index (χ4v) is 1.61. The Morgan fingerprint density at radius 1 is 1.40 bits per heavy atom. The summed E-state index contributed by atoms with van der Waals surface area (Å²) in [6.07, 6.45) is -3.67. The molecule has 1 fully saturated rings. The van der Waals surface area contributed by atoms with Crippen molar-refractivity contribution < 1.29 is 29.2 Å². The first kappa shape index (κ1) is 12.5. The first-order valence-electron chi connectivity index (χ1n) is 4.65. The van der Waals surface area contributed by atoms with E-state index >= 15 is 0 Å². The number of aliphatic hydroxyl groups excluding tert-OH is 2. The van der Waals surface area contributed by atoms with Gasteiger partial charge in [-0.1, -0.05) is 0 Å². The van der Waals surface area contributed by atoms with Crippen molar-refractivity contribution in [2.45, 2.75) is 24.4 Å². The summed E-state index contributed by atoms with van der Waals surface area (Å²) >= 11 is 0. The molecule has 0 aliphatic carbocycles. The van der Waals surface area contributed by atoms with Gasteiger partial charge < -0.3 is 24.4 Å². The summed E-state index contributed by atoms with van der Waals surface area (Å²) in [5.41, 5.74) is 0. The second-order valence-corrected chi connectivity index (χ2v) is 3.35. The topological polar surface area (TPSA) is 85.2 Å². The smallest absolute Gasteiger partial charge is 0.195 e. The monoisotopic (exact) mass is 220 g/mol. The Balaban J connectivity index is 2.73. The van der Waals surface area contributed by atoms with E-state index in [2.05, 4.69) is 0 Å². The molecule has 15 heavy (non-hydrogen) atoms. The minimum atomic E-state index is -1.27. The molecule has 2 N–H and O–H groups in total. The normalized spacial score (nSPS) is 36.9. The number of carbonyl (C=O) groups is 1. The molecular weight excluding hydrogens is 204 g/mol. The summed E-state index contributed by atoms with van der Waals surface area (Å²) in [4.78, 5) is 11.6. The number of aliphatic hydroxyl groups is 2. The van der Waals surface area contributed by atoms with Crippen molar-refractivity contribution in [2.75, 3.05) is 27.4 Å². The standard InChI is InChI=1S/C9H16O6/c1-13-4-6-7(11)8(12)9(14-2)5(3-10)15-6/h5-7,9-11H,3-4H2,1-2H3. The minimum absolute atomic E-state index is 0.0971. The summed E-state index contributed by atoms with van der Waals surface area (Å²) in [6, 6.07) is 0. The molecular formula is C9H16O6. The van der Waals surface area contributed by atoms with E-state index < -0.39 is 30.2 Å². The molecule has 0 spiro atoms. The molecule has 88 valence electrons. The molecule has 1 heterocycles. The number of Topliss-reactive ketones (excluding diaryl/α,β-unsaturated/α-hetero) is 1. The van der Waals surface area contributed by atoms with Gasteiger partial charge >= 0.3 is 0 Å². The molecule has 0 bridgehead atoms. The van der Waals surface area contributed by atoms with E-state index in [1.807, 2.05) is 0 Å². The molecule has 1 aliphatic rings. The van der Waals surface area contributed by atoms with Crippen molar-refractivity contribution in [1.29, 1.82) is 0 Å². The molecule has 0 aromatic carbocycles. The van der Waals surface area contributed by atoms with Crippen molar-refractivity contribution in [1.82, 2.24) is 0 Å². The average molecular weight is 220 g/mol. The van der Waals surface area contributed by atoms with Crippen molar-refractivity contribution in [2.24, 2.45) is 0 Å². The molecule has 1 saturated heterocycles. The van der Waals surface area contributed by atoms with E-state index in [0.717, 1.165) is 0 Å². The molecule has 6 nitrogen and oxygen atoms in total. The number of rotatable bonds is 4. The zero-order valence-corrected chi connectivity index (χ0v) is 8.75. The van der Waals surface area contributed by atoms with Crippen LogP contribution in [0.4, 0.5) is 0 Å². The number of ether oxygens (including phenoxy) is 3. The third-order valence-corrected chi connectivity index (χ3v) is 2.38. The lowest BCUT2D eigenvalue weighted by Gasteiger charge is -2.36. The highest BCUT2D eigenvalue weighted by atomic mass is 16.6. The molecule has 0 radical (unpaired) electrons. The van der Waals surface area contributed by atoms with Gasteiger partial charge in [0.1, 0.15) is 24.4 Å². The lowest BCUT2D eigenvalue weighted by molar-refractivity contribution is -0.198. The predicted octanol–water partition coefficient (Wildman–Crippen LogP) is -1.66. The zero-order chi connectivity index (χ0) is 11.4. The van der Waals surface area contributed by atoms with E-state index in [4.69, 9.17) is 19.3 Å². The van der Waals surface area contributed by atoms with Crippen molar-refractivity contribution in [3.8, 4) is 0 Å². The fourth-order valence-electron chi connectivity index (χ4n) is 1.61. The van der Waals surface area contributed by atoms with Crippen LogP contribution in [0.15, 0.2) is 0 Å². The highest BCUT2D eigenvalue weighted by Gasteiger charge is 2.44. The molecule has 6 heteroatoms. The molecule has 0 aromatic heterocycles. The number of ketones is 1. The molecule has 4 unspecified atom stereocenters. The summed E-state index contributed by atoms with van der Waals surface area (Å²) in [5, 5.41) is 18.6. The summed E-state index contributed by atoms with van der Waals surface area (Å²) in [6.45, 7) is -0.239. The zero-order valence-electron chi connectivity index (χ0n) is 8.75. The third kappa shape index (κ3) is 2.53. The van der Waals surface area contributed by atoms with Gasteiger partial charge in [-0.25, -0.2) is 0 Å². The number of carbonyl (C=O) groups excluding carboxylic acids is 1. The number of hydrogen-bond donors (Lipinski definition) is 2. The molecule has 0 aromatic rings. The van der Waals surface area contributed by atoms with E-state index in [9.17, 15) is 9.90 Å². The maximum Gasteiger partial charge on any atom is 0.195 e. The number of hydrogen-bond acceptors (Lipinski definition) is 6. The SMILES string of the molecule is COCC1OC(CO)C(OC)C(=O)C1O. The minimum Gasteiger partial charge on any atom is -0.394 e. The molecule has 1 rings (SSSR count). The van der Waals surface area contributed by atoms with Gasteiger partial charge in [0.05, 0.1) is 13.2 Å². The Kier molecular flexibility index (Phi) is 4.62. The summed E-state index contributed by atoms with van der Waals surface area (Å²) in [7, 11) is 2.77. The highest BCUT2D eigenvalue weighted by Crippen LogP contribution is 2.19.